The highest BCUT2D eigenvalue weighted by atomic mass is 32.1. The second-order valence-corrected chi connectivity index (χ2v) is 32.7. The number of hydrogen-bond donors (Lipinski definition) is 0. The first-order chi connectivity index (χ1) is 57.1. The van der Waals surface area contributed by atoms with Crippen molar-refractivity contribution < 1.29 is 4.42 Å². The van der Waals surface area contributed by atoms with E-state index in [0.29, 0.717) is 0 Å². The van der Waals surface area contributed by atoms with Crippen LogP contribution >= 0.6 is 22.7 Å². The molecule has 0 radical (unpaired) electrons. The average Bonchev–Trinajstić information content (AvgIpc) is 1.72. The molecule has 21 aromatic carbocycles. The molecule has 0 saturated heterocycles. The van der Waals surface area contributed by atoms with Crippen molar-refractivity contribution in [1.82, 2.24) is 0 Å². The first kappa shape index (κ1) is 65.4. The van der Waals surface area contributed by atoms with E-state index in [1.165, 1.54) is 227 Å². The van der Waals surface area contributed by atoms with Gasteiger partial charge < -0.3 is 4.42 Å². The van der Waals surface area contributed by atoms with Crippen molar-refractivity contribution in [3.05, 3.63) is 400 Å². The van der Waals surface area contributed by atoms with Crippen LogP contribution < -0.4 is 0 Å². The Bertz CT molecular complexity index is 8020. The van der Waals surface area contributed by atoms with Crippen molar-refractivity contribution in [2.45, 2.75) is 0 Å². The molecule has 0 amide bonds. The van der Waals surface area contributed by atoms with Crippen LogP contribution in [0.25, 0.3) is 249 Å². The van der Waals surface area contributed by atoms with Gasteiger partial charge in [0.25, 0.3) is 0 Å². The summed E-state index contributed by atoms with van der Waals surface area (Å²) in [5, 5.41) is 24.7. The summed E-state index contributed by atoms with van der Waals surface area (Å²) in [6, 6.07) is 150. The molecule has 0 aliphatic carbocycles. The standard InChI is InChI=1S/C112H66OS2/c1-2-24-68(25-3-1)77-26-4-5-28-81(77)106-90-37-14-16-39-92(90)108(93-40-17-15-38-91(93)106)96-61-59-78(111-109(96)94-41-19-22-44-101(94)114-111)69-48-52-71(53-49-69)104-86-33-10-12-35-88(86)107(89-36-13-11-34-87(89)104)97-62-60-79(112-110(97)95-42-20-23-45-102(95)115-112)75-57-56-73-64-72(54-55-74(73)65-75)67-46-50-70(51-47-67)103-82-29-6-8-31-84(82)105(85-32-9-7-30-83(85)103)76-58-63-100-98(66-76)80-27-18-21-43-99(80)113-100/h1-66H. The predicted octanol–water partition coefficient (Wildman–Crippen LogP) is 33.1. The molecule has 24 aromatic rings. The van der Waals surface area contributed by atoms with Gasteiger partial charge in [0.15, 0.2) is 0 Å². The zero-order valence-electron chi connectivity index (χ0n) is 62.3. The summed E-state index contributed by atoms with van der Waals surface area (Å²) in [5.74, 6) is 0. The van der Waals surface area contributed by atoms with Gasteiger partial charge in [0, 0.05) is 51.1 Å². The number of furan rings is 1. The molecule has 0 fully saturated rings. The third-order valence-corrected chi connectivity index (χ3v) is 26.9. The molecule has 24 rings (SSSR count). The van der Waals surface area contributed by atoms with E-state index in [1.807, 2.05) is 28.7 Å². The van der Waals surface area contributed by atoms with Gasteiger partial charge in [-0.15, -0.1) is 22.7 Å². The monoisotopic (exact) mass is 1490 g/mol. The first-order valence-electron chi connectivity index (χ1n) is 39.6. The lowest BCUT2D eigenvalue weighted by atomic mass is 9.82. The van der Waals surface area contributed by atoms with Crippen LogP contribution in [0.5, 0.6) is 0 Å². The molecular weight excluding hydrogens is 1430 g/mol. The van der Waals surface area contributed by atoms with Gasteiger partial charge in [-0.25, -0.2) is 0 Å². The van der Waals surface area contributed by atoms with Crippen molar-refractivity contribution >= 4 is 160 Å². The van der Waals surface area contributed by atoms with Gasteiger partial charge in [0.2, 0.25) is 0 Å². The van der Waals surface area contributed by atoms with E-state index in [-0.39, 0.29) is 0 Å². The normalized spacial score (nSPS) is 12.0. The largest absolute Gasteiger partial charge is 0.456 e. The minimum absolute atomic E-state index is 0.904. The Hall–Kier alpha value is -14.3. The fourth-order valence-corrected chi connectivity index (χ4v) is 21.9. The van der Waals surface area contributed by atoms with Crippen LogP contribution in [0.1, 0.15) is 0 Å². The zero-order valence-corrected chi connectivity index (χ0v) is 64.0. The Kier molecular flexibility index (Phi) is 14.9. The lowest BCUT2D eigenvalue weighted by Gasteiger charge is -2.20. The smallest absolute Gasteiger partial charge is 0.135 e. The second-order valence-electron chi connectivity index (χ2n) is 30.6. The number of thiophene rings is 2. The van der Waals surface area contributed by atoms with Gasteiger partial charge in [0.05, 0.1) is 0 Å². The molecule has 0 bridgehead atoms. The van der Waals surface area contributed by atoms with Crippen LogP contribution in [-0.2, 0) is 0 Å². The molecule has 0 spiro atoms. The summed E-state index contributed by atoms with van der Waals surface area (Å²) in [6.45, 7) is 0. The summed E-state index contributed by atoms with van der Waals surface area (Å²) in [6.07, 6.45) is 0. The Morgan fingerprint density at radius 2 is 0.470 bits per heavy atom. The molecule has 0 saturated carbocycles. The average molecular weight is 1490 g/mol. The Balaban J connectivity index is 0.580. The summed E-state index contributed by atoms with van der Waals surface area (Å²) in [4.78, 5) is 0. The quantitative estimate of drug-likeness (QED) is 0.124. The van der Waals surface area contributed by atoms with Crippen LogP contribution in [0.4, 0.5) is 0 Å². The molecule has 0 unspecified atom stereocenters. The molecular formula is C112H66OS2. The van der Waals surface area contributed by atoms with E-state index in [0.717, 1.165) is 21.9 Å². The Morgan fingerprint density at radius 1 is 0.157 bits per heavy atom. The van der Waals surface area contributed by atoms with Crippen molar-refractivity contribution in [3.63, 3.8) is 0 Å². The van der Waals surface area contributed by atoms with Crippen LogP contribution in [0.2, 0.25) is 0 Å². The highest BCUT2D eigenvalue weighted by Crippen LogP contribution is 2.55. The maximum atomic E-state index is 6.29. The highest BCUT2D eigenvalue weighted by Gasteiger charge is 2.27. The fourth-order valence-electron chi connectivity index (χ4n) is 19.4. The minimum Gasteiger partial charge on any atom is -0.456 e. The van der Waals surface area contributed by atoms with Crippen LogP contribution in [0.15, 0.2) is 405 Å². The number of hydrogen-bond acceptors (Lipinski definition) is 3. The van der Waals surface area contributed by atoms with E-state index in [2.05, 4.69) is 394 Å². The molecule has 3 heteroatoms. The van der Waals surface area contributed by atoms with Crippen LogP contribution in [-0.4, -0.2) is 0 Å². The van der Waals surface area contributed by atoms with Gasteiger partial charge in [-0.2, -0.15) is 0 Å². The van der Waals surface area contributed by atoms with E-state index >= 15 is 0 Å². The highest BCUT2D eigenvalue weighted by molar-refractivity contribution is 7.27. The van der Waals surface area contributed by atoms with Crippen molar-refractivity contribution in [1.29, 1.82) is 0 Å². The third-order valence-electron chi connectivity index (χ3n) is 24.5. The Labute approximate surface area is 671 Å². The Morgan fingerprint density at radius 3 is 0.957 bits per heavy atom. The molecule has 0 aliphatic rings. The molecule has 3 aromatic heterocycles. The lowest BCUT2D eigenvalue weighted by molar-refractivity contribution is 0.669. The summed E-state index contributed by atoms with van der Waals surface area (Å²) >= 11 is 3.81. The van der Waals surface area contributed by atoms with Gasteiger partial charge in [-0.1, -0.05) is 358 Å². The number of para-hydroxylation sites is 1. The molecule has 1 nitrogen and oxygen atoms in total. The van der Waals surface area contributed by atoms with E-state index in [9.17, 15) is 0 Å². The zero-order chi connectivity index (χ0) is 75.3. The van der Waals surface area contributed by atoms with Crippen molar-refractivity contribution in [2.75, 3.05) is 0 Å². The van der Waals surface area contributed by atoms with Gasteiger partial charge >= 0.3 is 0 Å². The minimum atomic E-state index is 0.904. The topological polar surface area (TPSA) is 13.1 Å². The van der Waals surface area contributed by atoms with E-state index in [1.54, 1.807) is 0 Å². The molecule has 532 valence electrons. The second kappa shape index (κ2) is 26.1. The summed E-state index contributed by atoms with van der Waals surface area (Å²) in [5.41, 5.74) is 26.4. The van der Waals surface area contributed by atoms with Gasteiger partial charge in [-0.3, -0.25) is 0 Å². The van der Waals surface area contributed by atoms with E-state index in [4.69, 9.17) is 4.42 Å². The number of fused-ring (bicyclic) bond motifs is 16. The van der Waals surface area contributed by atoms with Crippen molar-refractivity contribution in [2.24, 2.45) is 0 Å². The molecule has 0 atom stereocenters. The molecule has 115 heavy (non-hydrogen) atoms. The summed E-state index contributed by atoms with van der Waals surface area (Å²) in [7, 11) is 0. The van der Waals surface area contributed by atoms with Crippen LogP contribution in [0, 0.1) is 0 Å². The number of benzene rings is 21. The van der Waals surface area contributed by atoms with Gasteiger partial charge in [0.1, 0.15) is 11.2 Å². The van der Waals surface area contributed by atoms with Crippen molar-refractivity contribution in [3.8, 4) is 111 Å². The van der Waals surface area contributed by atoms with Gasteiger partial charge in [-0.05, 0) is 229 Å². The predicted molar refractivity (Wildman–Crippen MR) is 496 cm³/mol. The third kappa shape index (κ3) is 10.2. The molecule has 3 heterocycles. The lowest BCUT2D eigenvalue weighted by Crippen LogP contribution is -1.93. The van der Waals surface area contributed by atoms with Crippen LogP contribution in [0.3, 0.4) is 0 Å². The SMILES string of the molecule is c1ccc(-c2ccccc2-c2c3ccccc3c(-c3ccc(-c4ccc(-c5c6ccccc6c(-c6ccc(-c7ccc8cc(-c9ccc(-c%10c%11ccccc%11c(-c%11ccc%12oc%13ccccc%13c%12c%11)c%11ccccc%10%11)cc9)ccc8c7)c7sc8ccccc8c67)c6ccccc56)cc4)c4sc5ccccc5c34)c3ccccc23)cc1. The van der Waals surface area contributed by atoms with E-state index < -0.39 is 0 Å². The fraction of sp³-hybridized carbons (Fsp3) is 0. The molecule has 0 N–H and O–H groups in total. The maximum absolute atomic E-state index is 6.29. The first-order valence-corrected chi connectivity index (χ1v) is 41.2. The summed E-state index contributed by atoms with van der Waals surface area (Å²) < 4.78 is 11.4. The number of rotatable bonds is 10. The maximum Gasteiger partial charge on any atom is 0.135 e. The molecule has 0 aliphatic heterocycles.